The molecule has 0 saturated carbocycles. The molecule has 0 unspecified atom stereocenters. The number of esters is 1. The van der Waals surface area contributed by atoms with Gasteiger partial charge in [-0.3, -0.25) is 0 Å². The monoisotopic (exact) mass is 316 g/mol. The summed E-state index contributed by atoms with van der Waals surface area (Å²) in [4.78, 5) is 19.5. The molecule has 1 heterocycles. The third kappa shape index (κ3) is 5.25. The van der Waals surface area contributed by atoms with E-state index < -0.39 is 5.97 Å². The molecule has 2 aromatic rings. The van der Waals surface area contributed by atoms with Gasteiger partial charge >= 0.3 is 12.0 Å². The van der Waals surface area contributed by atoms with Gasteiger partial charge in [0.15, 0.2) is 0 Å². The van der Waals surface area contributed by atoms with E-state index in [9.17, 15) is 4.79 Å². The van der Waals surface area contributed by atoms with Gasteiger partial charge < -0.3 is 14.2 Å². The fourth-order valence-electron chi connectivity index (χ4n) is 1.98. The Hall–Kier alpha value is -2.63. The zero-order chi connectivity index (χ0) is 16.5. The Labute approximate surface area is 135 Å². The molecular weight excluding hydrogens is 296 g/mol. The van der Waals surface area contributed by atoms with Crippen molar-refractivity contribution in [2.24, 2.45) is 0 Å². The standard InChI is InChI=1S/C17H20N2O4/c1-3-22-16(20)14-11-18-17(19-12-14)23-9-5-7-13-6-4-8-15(10-13)21-2/h4,6,8,10-12H,3,5,7,9H2,1-2H3. The van der Waals surface area contributed by atoms with Crippen LogP contribution in [0.25, 0.3) is 0 Å². The lowest BCUT2D eigenvalue weighted by molar-refractivity contribution is 0.0525. The van der Waals surface area contributed by atoms with Gasteiger partial charge in [-0.2, -0.15) is 0 Å². The SMILES string of the molecule is CCOC(=O)c1cnc(OCCCc2cccc(OC)c2)nc1. The van der Waals surface area contributed by atoms with Gasteiger partial charge in [0.05, 0.1) is 25.9 Å². The lowest BCUT2D eigenvalue weighted by atomic mass is 10.1. The third-order valence-corrected chi connectivity index (χ3v) is 3.11. The number of rotatable bonds is 8. The van der Waals surface area contributed by atoms with E-state index in [1.54, 1.807) is 14.0 Å². The number of aromatic nitrogens is 2. The van der Waals surface area contributed by atoms with Gasteiger partial charge in [0.2, 0.25) is 0 Å². The van der Waals surface area contributed by atoms with Gasteiger partial charge in [0.25, 0.3) is 0 Å². The van der Waals surface area contributed by atoms with Crippen molar-refractivity contribution in [3.8, 4) is 11.8 Å². The highest BCUT2D eigenvalue weighted by Gasteiger charge is 2.08. The summed E-state index contributed by atoms with van der Waals surface area (Å²) in [5.41, 5.74) is 1.50. The van der Waals surface area contributed by atoms with Crippen LogP contribution in [-0.2, 0) is 11.2 Å². The molecule has 0 bridgehead atoms. The molecule has 0 aliphatic heterocycles. The van der Waals surface area contributed by atoms with E-state index in [0.717, 1.165) is 18.6 Å². The second-order valence-electron chi connectivity index (χ2n) is 4.78. The van der Waals surface area contributed by atoms with Crippen molar-refractivity contribution < 1.29 is 19.0 Å². The second kappa shape index (κ2) is 8.73. The highest BCUT2D eigenvalue weighted by molar-refractivity contribution is 5.88. The molecule has 6 heteroatoms. The summed E-state index contributed by atoms with van der Waals surface area (Å²) in [7, 11) is 1.65. The zero-order valence-corrected chi connectivity index (χ0v) is 13.3. The number of carbonyl (C=O) groups is 1. The Bertz CT molecular complexity index is 629. The minimum Gasteiger partial charge on any atom is -0.497 e. The number of methoxy groups -OCH3 is 1. The zero-order valence-electron chi connectivity index (χ0n) is 13.3. The largest absolute Gasteiger partial charge is 0.497 e. The molecule has 0 amide bonds. The summed E-state index contributed by atoms with van der Waals surface area (Å²) in [5, 5.41) is 0. The Morgan fingerprint density at radius 2 is 2.00 bits per heavy atom. The maximum atomic E-state index is 11.5. The van der Waals surface area contributed by atoms with Gasteiger partial charge in [-0.05, 0) is 37.5 Å². The van der Waals surface area contributed by atoms with Crippen LogP contribution in [0, 0.1) is 0 Å². The molecule has 0 aliphatic rings. The van der Waals surface area contributed by atoms with Gasteiger partial charge in [-0.15, -0.1) is 0 Å². The Balaban J connectivity index is 1.76. The Kier molecular flexibility index (Phi) is 6.35. The van der Waals surface area contributed by atoms with Crippen molar-refractivity contribution in [1.82, 2.24) is 9.97 Å². The minimum atomic E-state index is -0.433. The van der Waals surface area contributed by atoms with Gasteiger partial charge in [-0.1, -0.05) is 12.1 Å². The van der Waals surface area contributed by atoms with Crippen molar-refractivity contribution in [1.29, 1.82) is 0 Å². The van der Waals surface area contributed by atoms with E-state index >= 15 is 0 Å². The van der Waals surface area contributed by atoms with Crippen LogP contribution in [0.1, 0.15) is 29.3 Å². The van der Waals surface area contributed by atoms with E-state index in [2.05, 4.69) is 9.97 Å². The number of carbonyl (C=O) groups excluding carboxylic acids is 1. The third-order valence-electron chi connectivity index (χ3n) is 3.11. The van der Waals surface area contributed by atoms with E-state index in [-0.39, 0.29) is 6.01 Å². The molecular formula is C17H20N2O4. The van der Waals surface area contributed by atoms with E-state index in [1.165, 1.54) is 18.0 Å². The number of hydrogen-bond acceptors (Lipinski definition) is 6. The van der Waals surface area contributed by atoms with Gasteiger partial charge in [0, 0.05) is 12.4 Å². The van der Waals surface area contributed by atoms with Crippen molar-refractivity contribution in [3.05, 3.63) is 47.8 Å². The normalized spacial score (nSPS) is 10.2. The lowest BCUT2D eigenvalue weighted by Gasteiger charge is -2.06. The molecule has 23 heavy (non-hydrogen) atoms. The molecule has 0 atom stereocenters. The van der Waals surface area contributed by atoms with Crippen LogP contribution >= 0.6 is 0 Å². The van der Waals surface area contributed by atoms with E-state index in [1.807, 2.05) is 24.3 Å². The van der Waals surface area contributed by atoms with Crippen LogP contribution in [0.5, 0.6) is 11.8 Å². The van der Waals surface area contributed by atoms with Crippen LogP contribution < -0.4 is 9.47 Å². The van der Waals surface area contributed by atoms with Crippen LogP contribution in [-0.4, -0.2) is 36.3 Å². The molecule has 0 fully saturated rings. The maximum Gasteiger partial charge on any atom is 0.341 e. The summed E-state index contributed by atoms with van der Waals surface area (Å²) in [6, 6.07) is 8.19. The van der Waals surface area contributed by atoms with E-state index in [4.69, 9.17) is 14.2 Å². The summed E-state index contributed by atoms with van der Waals surface area (Å²) >= 11 is 0. The minimum absolute atomic E-state index is 0.253. The van der Waals surface area contributed by atoms with Crippen molar-refractivity contribution in [2.45, 2.75) is 19.8 Å². The molecule has 2 rings (SSSR count). The first-order valence-electron chi connectivity index (χ1n) is 7.48. The second-order valence-corrected chi connectivity index (χ2v) is 4.78. The summed E-state index contributed by atoms with van der Waals surface area (Å²) in [6.45, 7) is 2.57. The van der Waals surface area contributed by atoms with Crippen LogP contribution in [0.15, 0.2) is 36.7 Å². The van der Waals surface area contributed by atoms with Crippen LogP contribution in [0.3, 0.4) is 0 Å². The predicted molar refractivity (Wildman–Crippen MR) is 84.8 cm³/mol. The fraction of sp³-hybridized carbons (Fsp3) is 0.353. The summed E-state index contributed by atoms with van der Waals surface area (Å²) in [6.07, 6.45) is 4.51. The Morgan fingerprint density at radius 1 is 1.22 bits per heavy atom. The first-order valence-corrected chi connectivity index (χ1v) is 7.48. The van der Waals surface area contributed by atoms with E-state index in [0.29, 0.717) is 18.8 Å². The average molecular weight is 316 g/mol. The molecule has 0 saturated heterocycles. The quantitative estimate of drug-likeness (QED) is 0.551. The molecule has 0 radical (unpaired) electrons. The molecule has 6 nitrogen and oxygen atoms in total. The number of aryl methyl sites for hydroxylation is 1. The molecule has 0 aliphatic carbocycles. The Morgan fingerprint density at radius 3 is 2.70 bits per heavy atom. The fourth-order valence-corrected chi connectivity index (χ4v) is 1.98. The highest BCUT2D eigenvalue weighted by atomic mass is 16.5. The van der Waals surface area contributed by atoms with Crippen LogP contribution in [0.4, 0.5) is 0 Å². The highest BCUT2D eigenvalue weighted by Crippen LogP contribution is 2.14. The molecule has 1 aromatic heterocycles. The summed E-state index contributed by atoms with van der Waals surface area (Å²) in [5.74, 6) is 0.415. The predicted octanol–water partition coefficient (Wildman–Crippen LogP) is 2.67. The first-order chi connectivity index (χ1) is 11.2. The first kappa shape index (κ1) is 16.7. The molecule has 0 spiro atoms. The van der Waals surface area contributed by atoms with Crippen molar-refractivity contribution in [3.63, 3.8) is 0 Å². The number of benzene rings is 1. The lowest BCUT2D eigenvalue weighted by Crippen LogP contribution is -2.07. The smallest absolute Gasteiger partial charge is 0.341 e. The molecule has 1 aromatic carbocycles. The van der Waals surface area contributed by atoms with Crippen molar-refractivity contribution in [2.75, 3.05) is 20.3 Å². The average Bonchev–Trinajstić information content (AvgIpc) is 2.59. The van der Waals surface area contributed by atoms with Gasteiger partial charge in [-0.25, -0.2) is 14.8 Å². The topological polar surface area (TPSA) is 70.5 Å². The number of nitrogens with zero attached hydrogens (tertiary/aromatic N) is 2. The number of ether oxygens (including phenoxy) is 3. The summed E-state index contributed by atoms with van der Waals surface area (Å²) < 4.78 is 15.5. The molecule has 0 N–H and O–H groups in total. The maximum absolute atomic E-state index is 11.5. The van der Waals surface area contributed by atoms with Gasteiger partial charge in [0.1, 0.15) is 5.75 Å². The number of hydrogen-bond donors (Lipinski definition) is 0. The van der Waals surface area contributed by atoms with Crippen molar-refractivity contribution >= 4 is 5.97 Å². The van der Waals surface area contributed by atoms with Crippen LogP contribution in [0.2, 0.25) is 0 Å². The molecule has 122 valence electrons.